The fourth-order valence-electron chi connectivity index (χ4n) is 3.46. The number of rotatable bonds is 8. The standard InChI is InChI=1S/C27H26ClFN4O2/c1-27(2,16-31)17-33(26(35)20-4-3-5-22(29)12-20)15-21-13-23(10-11-24(21)28)32-25(34)19-8-6-18(14-30)7-9-19/h3-13H,15-17,31H2,1-2H3,(H,32,34). The molecular formula is C27H26ClFN4O2. The number of hydrogen-bond donors (Lipinski definition) is 2. The molecule has 2 amide bonds. The Morgan fingerprint density at radius 1 is 1.09 bits per heavy atom. The van der Waals surface area contributed by atoms with Gasteiger partial charge in [-0.05, 0) is 78.2 Å². The van der Waals surface area contributed by atoms with E-state index in [1.54, 1.807) is 53.4 Å². The Balaban J connectivity index is 1.86. The SMILES string of the molecule is CC(C)(CN)CN(Cc1cc(NC(=O)c2ccc(C#N)cc2)ccc1Cl)C(=O)c1cccc(F)c1. The second-order valence-corrected chi connectivity index (χ2v) is 9.40. The van der Waals surface area contributed by atoms with Crippen molar-refractivity contribution < 1.29 is 14.0 Å². The van der Waals surface area contributed by atoms with Crippen LogP contribution in [0, 0.1) is 22.6 Å². The van der Waals surface area contributed by atoms with Crippen LogP contribution >= 0.6 is 11.6 Å². The highest BCUT2D eigenvalue weighted by atomic mass is 35.5. The van der Waals surface area contributed by atoms with Gasteiger partial charge in [0.15, 0.2) is 0 Å². The van der Waals surface area contributed by atoms with Crippen molar-refractivity contribution in [1.29, 1.82) is 5.26 Å². The van der Waals surface area contributed by atoms with Gasteiger partial charge < -0.3 is 16.0 Å². The van der Waals surface area contributed by atoms with Gasteiger partial charge in [0.25, 0.3) is 11.8 Å². The molecule has 0 aliphatic carbocycles. The van der Waals surface area contributed by atoms with Gasteiger partial charge in [0.2, 0.25) is 0 Å². The van der Waals surface area contributed by atoms with Gasteiger partial charge in [0.05, 0.1) is 11.6 Å². The second kappa shape index (κ2) is 11.1. The van der Waals surface area contributed by atoms with Crippen LogP contribution in [0.15, 0.2) is 66.7 Å². The quantitative estimate of drug-likeness (QED) is 0.449. The average molecular weight is 493 g/mol. The van der Waals surface area contributed by atoms with Gasteiger partial charge in [0.1, 0.15) is 5.82 Å². The summed E-state index contributed by atoms with van der Waals surface area (Å²) in [5.74, 6) is -1.20. The summed E-state index contributed by atoms with van der Waals surface area (Å²) in [4.78, 5) is 27.5. The Hall–Kier alpha value is -3.73. The number of nitrogens with two attached hydrogens (primary N) is 1. The number of hydrogen-bond acceptors (Lipinski definition) is 4. The molecule has 0 bridgehead atoms. The molecule has 8 heteroatoms. The minimum Gasteiger partial charge on any atom is -0.334 e. The zero-order chi connectivity index (χ0) is 25.6. The van der Waals surface area contributed by atoms with E-state index in [0.29, 0.717) is 40.5 Å². The van der Waals surface area contributed by atoms with E-state index < -0.39 is 11.2 Å². The first-order chi connectivity index (χ1) is 16.6. The molecule has 35 heavy (non-hydrogen) atoms. The Labute approximate surface area is 209 Å². The lowest BCUT2D eigenvalue weighted by Crippen LogP contribution is -2.41. The van der Waals surface area contributed by atoms with Crippen LogP contribution in [0.4, 0.5) is 10.1 Å². The third kappa shape index (κ3) is 6.89. The summed E-state index contributed by atoms with van der Waals surface area (Å²) in [6, 6.07) is 18.8. The molecule has 0 saturated carbocycles. The number of carbonyl (C=O) groups is 2. The number of amides is 2. The van der Waals surface area contributed by atoms with Crippen LogP contribution < -0.4 is 11.1 Å². The van der Waals surface area contributed by atoms with E-state index in [9.17, 15) is 14.0 Å². The average Bonchev–Trinajstić information content (AvgIpc) is 2.85. The number of carbonyl (C=O) groups excluding carboxylic acids is 2. The fourth-order valence-corrected chi connectivity index (χ4v) is 3.64. The Kier molecular flexibility index (Phi) is 8.23. The van der Waals surface area contributed by atoms with Gasteiger partial charge >= 0.3 is 0 Å². The van der Waals surface area contributed by atoms with Crippen molar-refractivity contribution in [3.05, 3.63) is 99.8 Å². The van der Waals surface area contributed by atoms with Crippen LogP contribution in [0.1, 0.15) is 45.7 Å². The first kappa shape index (κ1) is 25.9. The molecule has 0 radical (unpaired) electrons. The van der Waals surface area contributed by atoms with Crippen molar-refractivity contribution in [1.82, 2.24) is 4.90 Å². The number of nitriles is 1. The molecule has 0 saturated heterocycles. The molecule has 3 aromatic rings. The Morgan fingerprint density at radius 2 is 1.80 bits per heavy atom. The van der Waals surface area contributed by atoms with Gasteiger partial charge in [-0.1, -0.05) is 31.5 Å². The van der Waals surface area contributed by atoms with Crippen molar-refractivity contribution in [3.63, 3.8) is 0 Å². The summed E-state index contributed by atoms with van der Waals surface area (Å²) in [6.45, 7) is 4.67. The van der Waals surface area contributed by atoms with E-state index >= 15 is 0 Å². The second-order valence-electron chi connectivity index (χ2n) is 8.99. The molecule has 3 N–H and O–H groups in total. The van der Waals surface area contributed by atoms with Crippen LogP contribution in [-0.4, -0.2) is 29.8 Å². The first-order valence-electron chi connectivity index (χ1n) is 11.0. The van der Waals surface area contributed by atoms with Gasteiger partial charge in [-0.25, -0.2) is 4.39 Å². The largest absolute Gasteiger partial charge is 0.334 e. The van der Waals surface area contributed by atoms with E-state index in [1.807, 2.05) is 19.9 Å². The molecule has 180 valence electrons. The summed E-state index contributed by atoms with van der Waals surface area (Å²) in [5.41, 5.74) is 7.70. The number of nitrogens with zero attached hydrogens (tertiary/aromatic N) is 2. The van der Waals surface area contributed by atoms with E-state index in [1.165, 1.54) is 18.2 Å². The summed E-state index contributed by atoms with van der Waals surface area (Å²) < 4.78 is 13.8. The monoisotopic (exact) mass is 492 g/mol. The lowest BCUT2D eigenvalue weighted by molar-refractivity contribution is 0.0672. The third-order valence-electron chi connectivity index (χ3n) is 5.47. The van der Waals surface area contributed by atoms with Crippen molar-refractivity contribution >= 4 is 29.1 Å². The van der Waals surface area contributed by atoms with E-state index in [4.69, 9.17) is 22.6 Å². The predicted molar refractivity (Wildman–Crippen MR) is 135 cm³/mol. The molecule has 3 aromatic carbocycles. The molecule has 6 nitrogen and oxygen atoms in total. The molecule has 3 rings (SSSR count). The van der Waals surface area contributed by atoms with E-state index in [0.717, 1.165) is 0 Å². The van der Waals surface area contributed by atoms with Gasteiger partial charge in [-0.3, -0.25) is 9.59 Å². The van der Waals surface area contributed by atoms with Crippen LogP contribution in [0.2, 0.25) is 5.02 Å². The van der Waals surface area contributed by atoms with Crippen LogP contribution in [0.25, 0.3) is 0 Å². The molecule has 0 spiro atoms. The highest BCUT2D eigenvalue weighted by molar-refractivity contribution is 6.31. The predicted octanol–water partition coefficient (Wildman–Crippen LogP) is 5.23. The number of anilines is 1. The minimum atomic E-state index is -0.501. The normalized spacial score (nSPS) is 11.0. The molecule has 0 unspecified atom stereocenters. The van der Waals surface area contributed by atoms with Gasteiger partial charge in [0, 0.05) is 34.9 Å². The molecule has 0 heterocycles. The lowest BCUT2D eigenvalue weighted by Gasteiger charge is -2.32. The Morgan fingerprint density at radius 3 is 2.43 bits per heavy atom. The van der Waals surface area contributed by atoms with Gasteiger partial charge in [-0.2, -0.15) is 5.26 Å². The number of benzene rings is 3. The topological polar surface area (TPSA) is 99.2 Å². The third-order valence-corrected chi connectivity index (χ3v) is 5.84. The maximum absolute atomic E-state index is 13.8. The molecule has 0 aliphatic heterocycles. The summed E-state index contributed by atoms with van der Waals surface area (Å²) in [7, 11) is 0. The zero-order valence-electron chi connectivity index (χ0n) is 19.5. The number of nitrogens with one attached hydrogen (secondary N) is 1. The minimum absolute atomic E-state index is 0.137. The molecule has 0 aliphatic rings. The molecular weight excluding hydrogens is 467 g/mol. The molecule has 0 atom stereocenters. The van der Waals surface area contributed by atoms with Crippen molar-refractivity contribution in [3.8, 4) is 6.07 Å². The smallest absolute Gasteiger partial charge is 0.255 e. The molecule has 0 aromatic heterocycles. The maximum Gasteiger partial charge on any atom is 0.255 e. The van der Waals surface area contributed by atoms with Crippen LogP contribution in [-0.2, 0) is 6.54 Å². The van der Waals surface area contributed by atoms with Crippen LogP contribution in [0.3, 0.4) is 0 Å². The summed E-state index contributed by atoms with van der Waals surface area (Å²) >= 11 is 6.44. The van der Waals surface area contributed by atoms with Crippen molar-refractivity contribution in [2.24, 2.45) is 11.1 Å². The summed E-state index contributed by atoms with van der Waals surface area (Å²) in [6.07, 6.45) is 0. The highest BCUT2D eigenvalue weighted by Crippen LogP contribution is 2.26. The van der Waals surface area contributed by atoms with Crippen molar-refractivity contribution in [2.75, 3.05) is 18.4 Å². The number of halogens is 2. The fraction of sp³-hybridized carbons (Fsp3) is 0.222. The van der Waals surface area contributed by atoms with Gasteiger partial charge in [-0.15, -0.1) is 0 Å². The Bertz CT molecular complexity index is 1270. The van der Waals surface area contributed by atoms with Crippen LogP contribution in [0.5, 0.6) is 0 Å². The first-order valence-corrected chi connectivity index (χ1v) is 11.3. The summed E-state index contributed by atoms with van der Waals surface area (Å²) in [5, 5.41) is 12.2. The van der Waals surface area contributed by atoms with E-state index in [-0.39, 0.29) is 23.9 Å². The van der Waals surface area contributed by atoms with E-state index in [2.05, 4.69) is 5.32 Å². The van der Waals surface area contributed by atoms with Crippen molar-refractivity contribution in [2.45, 2.75) is 20.4 Å². The lowest BCUT2D eigenvalue weighted by atomic mass is 9.92. The zero-order valence-corrected chi connectivity index (χ0v) is 20.3. The highest BCUT2D eigenvalue weighted by Gasteiger charge is 2.26. The maximum atomic E-state index is 13.8. The molecule has 0 fully saturated rings.